The summed E-state index contributed by atoms with van der Waals surface area (Å²) >= 11 is 1.78. The molecule has 0 aliphatic heterocycles. The van der Waals surface area contributed by atoms with E-state index in [0.29, 0.717) is 5.25 Å². The van der Waals surface area contributed by atoms with Crippen LogP contribution in [0.2, 0.25) is 0 Å². The van der Waals surface area contributed by atoms with E-state index in [0.717, 1.165) is 21.2 Å². The predicted molar refractivity (Wildman–Crippen MR) is 82.2 cm³/mol. The number of benzene rings is 1. The molecule has 0 N–H and O–H groups in total. The Bertz CT molecular complexity index is 805. The quantitative estimate of drug-likeness (QED) is 0.657. The summed E-state index contributed by atoms with van der Waals surface area (Å²) in [5, 5.41) is 2.29. The molecule has 0 spiro atoms. The monoisotopic (exact) mass is 269 g/mol. The third-order valence-corrected chi connectivity index (χ3v) is 4.06. The van der Waals surface area contributed by atoms with Crippen LogP contribution in [0.5, 0.6) is 0 Å². The van der Waals surface area contributed by atoms with Crippen molar-refractivity contribution in [1.82, 2.24) is 4.40 Å². The molecule has 3 rings (SSSR count). The highest BCUT2D eigenvalue weighted by Gasteiger charge is 2.05. The van der Waals surface area contributed by atoms with Gasteiger partial charge in [-0.15, -0.1) is 11.8 Å². The zero-order valence-corrected chi connectivity index (χ0v) is 11.8. The van der Waals surface area contributed by atoms with Crippen LogP contribution in [0, 0.1) is 0 Å². The van der Waals surface area contributed by atoms with E-state index >= 15 is 0 Å². The third-order valence-electron chi connectivity index (χ3n) is 3.07. The number of fused-ring (bicyclic) bond motifs is 2. The molecule has 19 heavy (non-hydrogen) atoms. The van der Waals surface area contributed by atoms with Gasteiger partial charge < -0.3 is 4.40 Å². The van der Waals surface area contributed by atoms with Crippen LogP contribution in [0.25, 0.3) is 16.3 Å². The van der Waals surface area contributed by atoms with Crippen molar-refractivity contribution >= 4 is 28.1 Å². The van der Waals surface area contributed by atoms with Gasteiger partial charge in [-0.2, -0.15) is 0 Å². The molecule has 0 radical (unpaired) electrons. The van der Waals surface area contributed by atoms with E-state index in [1.807, 2.05) is 47.1 Å². The topological polar surface area (TPSA) is 21.5 Å². The fraction of sp³-hybridized carbons (Fsp3) is 0.188. The molecule has 2 heterocycles. The number of aromatic nitrogens is 1. The van der Waals surface area contributed by atoms with Crippen molar-refractivity contribution in [3.63, 3.8) is 0 Å². The Morgan fingerprint density at radius 2 is 1.95 bits per heavy atom. The van der Waals surface area contributed by atoms with Crippen LogP contribution < -0.4 is 5.43 Å². The Hall–Kier alpha value is -1.74. The third kappa shape index (κ3) is 2.26. The molecule has 0 aliphatic rings. The second kappa shape index (κ2) is 4.74. The number of hydrogen-bond acceptors (Lipinski definition) is 2. The zero-order chi connectivity index (χ0) is 13.4. The summed E-state index contributed by atoms with van der Waals surface area (Å²) in [7, 11) is 0. The van der Waals surface area contributed by atoms with Crippen molar-refractivity contribution in [1.29, 1.82) is 0 Å². The summed E-state index contributed by atoms with van der Waals surface area (Å²) in [6, 6.07) is 11.9. The van der Waals surface area contributed by atoms with Crippen LogP contribution >= 0.6 is 11.8 Å². The van der Waals surface area contributed by atoms with Gasteiger partial charge in [-0.1, -0.05) is 19.9 Å². The highest BCUT2D eigenvalue weighted by molar-refractivity contribution is 7.99. The van der Waals surface area contributed by atoms with Gasteiger partial charge in [0.05, 0.1) is 5.52 Å². The maximum atomic E-state index is 12.6. The van der Waals surface area contributed by atoms with Crippen molar-refractivity contribution in [3.05, 3.63) is 59.0 Å². The number of hydrogen-bond donors (Lipinski definition) is 0. The van der Waals surface area contributed by atoms with Gasteiger partial charge in [-0.3, -0.25) is 4.79 Å². The van der Waals surface area contributed by atoms with Crippen molar-refractivity contribution in [3.8, 4) is 0 Å². The Kier molecular flexibility index (Phi) is 3.07. The van der Waals surface area contributed by atoms with Crippen molar-refractivity contribution in [2.75, 3.05) is 0 Å². The Morgan fingerprint density at radius 1 is 1.11 bits per heavy atom. The minimum Gasteiger partial charge on any atom is -0.320 e. The highest BCUT2D eigenvalue weighted by Crippen LogP contribution is 2.25. The van der Waals surface area contributed by atoms with E-state index in [-0.39, 0.29) is 5.43 Å². The lowest BCUT2D eigenvalue weighted by atomic mass is 10.2. The van der Waals surface area contributed by atoms with Gasteiger partial charge in [0, 0.05) is 27.9 Å². The van der Waals surface area contributed by atoms with E-state index in [4.69, 9.17) is 0 Å². The lowest BCUT2D eigenvalue weighted by Gasteiger charge is -2.04. The molecule has 1 aromatic carbocycles. The molecule has 96 valence electrons. The van der Waals surface area contributed by atoms with Crippen molar-refractivity contribution in [2.24, 2.45) is 0 Å². The van der Waals surface area contributed by atoms with Crippen LogP contribution in [0.4, 0.5) is 0 Å². The standard InChI is InChI=1S/C16H15NOS/c1-11(2)19-13-6-5-12-7-9-17-8-3-4-15(17)16(18)14(12)10-13/h3-11H,1-2H3. The molecule has 3 heteroatoms. The lowest BCUT2D eigenvalue weighted by Crippen LogP contribution is -2.00. The Labute approximate surface area is 116 Å². The van der Waals surface area contributed by atoms with E-state index in [2.05, 4.69) is 19.9 Å². The fourth-order valence-corrected chi connectivity index (χ4v) is 3.11. The Morgan fingerprint density at radius 3 is 2.74 bits per heavy atom. The summed E-state index contributed by atoms with van der Waals surface area (Å²) in [5.74, 6) is 0. The summed E-state index contributed by atoms with van der Waals surface area (Å²) in [6.07, 6.45) is 3.84. The minimum absolute atomic E-state index is 0.0937. The van der Waals surface area contributed by atoms with E-state index in [1.54, 1.807) is 11.8 Å². The maximum absolute atomic E-state index is 12.6. The molecule has 0 bridgehead atoms. The molecule has 2 nitrogen and oxygen atoms in total. The average Bonchev–Trinajstić information content (AvgIpc) is 2.79. The molecular formula is C16H15NOS. The normalized spacial score (nSPS) is 11.5. The summed E-state index contributed by atoms with van der Waals surface area (Å²) in [4.78, 5) is 13.7. The first kappa shape index (κ1) is 12.3. The predicted octanol–water partition coefficient (Wildman–Crippen LogP) is 3.95. The van der Waals surface area contributed by atoms with Crippen molar-refractivity contribution in [2.45, 2.75) is 24.0 Å². The number of thioether (sulfide) groups is 1. The average molecular weight is 269 g/mol. The van der Waals surface area contributed by atoms with Gasteiger partial charge >= 0.3 is 0 Å². The fourth-order valence-electron chi connectivity index (χ4n) is 2.24. The van der Waals surface area contributed by atoms with Gasteiger partial charge in [-0.05, 0) is 35.7 Å². The molecule has 0 unspecified atom stereocenters. The largest absolute Gasteiger partial charge is 0.320 e. The molecule has 3 aromatic rings. The maximum Gasteiger partial charge on any atom is 0.210 e. The second-order valence-corrected chi connectivity index (χ2v) is 6.51. The first-order valence-electron chi connectivity index (χ1n) is 6.35. The molecule has 2 aromatic heterocycles. The molecule has 0 saturated heterocycles. The van der Waals surface area contributed by atoms with E-state index in [9.17, 15) is 4.79 Å². The Balaban J connectivity index is 2.34. The number of rotatable bonds is 2. The smallest absolute Gasteiger partial charge is 0.210 e. The van der Waals surface area contributed by atoms with Crippen LogP contribution in [0.15, 0.2) is 58.5 Å². The lowest BCUT2D eigenvalue weighted by molar-refractivity contribution is 1.11. The SMILES string of the molecule is CC(C)Sc1ccc2ccn3cccc3c(=O)c2c1. The van der Waals surface area contributed by atoms with E-state index < -0.39 is 0 Å². The zero-order valence-electron chi connectivity index (χ0n) is 11.0. The summed E-state index contributed by atoms with van der Waals surface area (Å²) in [5.41, 5.74) is 0.818. The minimum atomic E-state index is 0.0937. The first-order valence-corrected chi connectivity index (χ1v) is 7.23. The van der Waals surface area contributed by atoms with Crippen LogP contribution in [-0.4, -0.2) is 9.65 Å². The highest BCUT2D eigenvalue weighted by atomic mass is 32.2. The van der Waals surface area contributed by atoms with E-state index in [1.165, 1.54) is 0 Å². The van der Waals surface area contributed by atoms with Gasteiger partial charge in [0.2, 0.25) is 5.43 Å². The van der Waals surface area contributed by atoms with Crippen molar-refractivity contribution < 1.29 is 0 Å². The van der Waals surface area contributed by atoms with Crippen LogP contribution in [-0.2, 0) is 0 Å². The molecule has 0 atom stereocenters. The van der Waals surface area contributed by atoms with Crippen LogP contribution in [0.3, 0.4) is 0 Å². The van der Waals surface area contributed by atoms with Gasteiger partial charge in [0.25, 0.3) is 0 Å². The first-order chi connectivity index (χ1) is 9.15. The second-order valence-electron chi connectivity index (χ2n) is 4.86. The summed E-state index contributed by atoms with van der Waals surface area (Å²) < 4.78 is 1.87. The molecular weight excluding hydrogens is 254 g/mol. The molecule has 0 fully saturated rings. The van der Waals surface area contributed by atoms with Gasteiger partial charge in [-0.25, -0.2) is 0 Å². The molecule has 0 amide bonds. The number of nitrogens with zero attached hydrogens (tertiary/aromatic N) is 1. The molecule has 0 saturated carbocycles. The summed E-state index contributed by atoms with van der Waals surface area (Å²) in [6.45, 7) is 4.31. The van der Waals surface area contributed by atoms with Crippen LogP contribution in [0.1, 0.15) is 13.8 Å². The molecule has 0 aliphatic carbocycles. The van der Waals surface area contributed by atoms with Gasteiger partial charge in [0.1, 0.15) is 0 Å². The van der Waals surface area contributed by atoms with Gasteiger partial charge in [0.15, 0.2) is 0 Å².